The molecule has 1 amide bonds. The van der Waals surface area contributed by atoms with Gasteiger partial charge in [-0.05, 0) is 71.1 Å². The molecule has 0 radical (unpaired) electrons. The number of hydrogen-bond donors (Lipinski definition) is 0. The molecule has 2 aliphatic rings. The Kier molecular flexibility index (Phi) is 8.40. The summed E-state index contributed by atoms with van der Waals surface area (Å²) in [4.78, 5) is 30.4. The topological polar surface area (TPSA) is 98.0 Å². The molecule has 2 aromatic heterocycles. The molecule has 1 unspecified atom stereocenters. The highest BCUT2D eigenvalue weighted by atomic mass is 16.6. The van der Waals surface area contributed by atoms with Crippen molar-refractivity contribution in [3.05, 3.63) is 46.4 Å². The molecule has 0 aliphatic carbocycles. The number of benzene rings is 1. The number of carbonyl (C=O) groups is 1. The fraction of sp³-hybridized carbons (Fsp3) is 0.516. The molecule has 5 rings (SSSR count). The molecule has 1 aromatic carbocycles. The number of piperazine rings is 1. The third kappa shape index (κ3) is 6.27. The van der Waals surface area contributed by atoms with Gasteiger partial charge < -0.3 is 19.3 Å². The number of carbonyl (C=O) groups excluding carboxylic acids is 1. The van der Waals surface area contributed by atoms with Crippen LogP contribution in [0.3, 0.4) is 0 Å². The highest BCUT2D eigenvalue weighted by Crippen LogP contribution is 2.30. The molecule has 3 aromatic rings. The molecule has 0 saturated carbocycles. The van der Waals surface area contributed by atoms with E-state index in [0.29, 0.717) is 32.6 Å². The van der Waals surface area contributed by atoms with Gasteiger partial charge in [0, 0.05) is 56.0 Å². The monoisotopic (exact) mass is 559 g/mol. The van der Waals surface area contributed by atoms with E-state index in [1.807, 2.05) is 38.6 Å². The summed E-state index contributed by atoms with van der Waals surface area (Å²) in [7, 11) is 0. The lowest BCUT2D eigenvalue weighted by molar-refractivity contribution is -0.0366. The number of aryl methyl sites for hydroxylation is 1. The highest BCUT2D eigenvalue weighted by Gasteiger charge is 2.27. The van der Waals surface area contributed by atoms with Crippen molar-refractivity contribution in [2.75, 3.05) is 37.7 Å². The fourth-order valence-corrected chi connectivity index (χ4v) is 5.53. The Morgan fingerprint density at radius 2 is 1.98 bits per heavy atom. The summed E-state index contributed by atoms with van der Waals surface area (Å²) in [6.45, 7) is 17.2. The van der Waals surface area contributed by atoms with Crippen molar-refractivity contribution in [2.45, 2.75) is 72.1 Å². The van der Waals surface area contributed by atoms with E-state index in [9.17, 15) is 4.79 Å². The summed E-state index contributed by atoms with van der Waals surface area (Å²) in [5.41, 5.74) is 3.70. The summed E-state index contributed by atoms with van der Waals surface area (Å²) >= 11 is 0. The van der Waals surface area contributed by atoms with Gasteiger partial charge in [-0.15, -0.1) is 0 Å². The molecule has 218 valence electrons. The summed E-state index contributed by atoms with van der Waals surface area (Å²) in [6, 6.07) is 4.28. The zero-order valence-corrected chi connectivity index (χ0v) is 24.9. The highest BCUT2D eigenvalue weighted by molar-refractivity contribution is 5.85. The van der Waals surface area contributed by atoms with Gasteiger partial charge in [-0.25, -0.2) is 19.4 Å². The lowest BCUT2D eigenvalue weighted by atomic mass is 9.99. The predicted molar refractivity (Wildman–Crippen MR) is 161 cm³/mol. The first-order valence-electron chi connectivity index (χ1n) is 14.5. The van der Waals surface area contributed by atoms with E-state index in [1.54, 1.807) is 17.4 Å². The summed E-state index contributed by atoms with van der Waals surface area (Å²) in [5.74, 6) is 0.764. The number of aliphatic imine (C=N–C) groups is 1. The summed E-state index contributed by atoms with van der Waals surface area (Å²) in [6.07, 6.45) is 8.80. The Bertz CT molecular complexity index is 1540. The van der Waals surface area contributed by atoms with Crippen LogP contribution in [0, 0.1) is 6.92 Å². The average molecular weight is 560 g/mol. The number of fused-ring (bicyclic) bond motifs is 1. The smallest absolute Gasteiger partial charge is 0.410 e. The quantitative estimate of drug-likeness (QED) is 0.439. The number of anilines is 1. The van der Waals surface area contributed by atoms with Crippen molar-refractivity contribution in [2.24, 2.45) is 4.99 Å². The molecule has 2 aliphatic heterocycles. The van der Waals surface area contributed by atoms with Gasteiger partial charge in [-0.3, -0.25) is 4.99 Å². The van der Waals surface area contributed by atoms with Crippen LogP contribution in [-0.4, -0.2) is 75.3 Å². The minimum Gasteiger partial charge on any atom is -0.444 e. The maximum absolute atomic E-state index is 12.5. The van der Waals surface area contributed by atoms with Crippen LogP contribution in [0.2, 0.25) is 0 Å². The van der Waals surface area contributed by atoms with E-state index in [4.69, 9.17) is 19.6 Å². The fourth-order valence-electron chi connectivity index (χ4n) is 5.53. The maximum atomic E-state index is 12.5. The number of nitrogens with zero attached hydrogens (tertiary/aromatic N) is 7. The number of amides is 1. The van der Waals surface area contributed by atoms with Crippen LogP contribution in [0.4, 0.5) is 10.6 Å². The SMILES string of the molecule is C=c1c(N2CCN(C(=O)OC(C)(C)C)CC2)ncn/c1=C(Cc1c(C)ccc2c1cnn2C1CCCCO1)/N=C\C. The van der Waals surface area contributed by atoms with Crippen LogP contribution in [0.25, 0.3) is 23.2 Å². The second-order valence-electron chi connectivity index (χ2n) is 11.7. The standard InChI is InChI=1S/C31H41N7O3/c1-7-32-25(18-23-21(2)11-12-26-24(23)19-35-38(26)27-10-8-9-17-40-27)28-22(3)29(34-20-33-28)36-13-15-37(16-14-36)30(39)41-31(4,5)6/h7,11-12,19-20,27H,3,8-10,13-18H2,1-2,4-6H3/b28-25+,32-7-. The van der Waals surface area contributed by atoms with Gasteiger partial charge >= 0.3 is 6.09 Å². The first-order chi connectivity index (χ1) is 19.7. The Hall–Kier alpha value is -3.79. The predicted octanol–water partition coefficient (Wildman–Crippen LogP) is 3.74. The third-order valence-electron chi connectivity index (χ3n) is 7.61. The molecular weight excluding hydrogens is 518 g/mol. The van der Waals surface area contributed by atoms with Crippen LogP contribution in [0.1, 0.15) is 64.3 Å². The minimum absolute atomic E-state index is 0.0272. The molecule has 0 N–H and O–H groups in total. The molecule has 1 atom stereocenters. The van der Waals surface area contributed by atoms with Crippen molar-refractivity contribution in [3.63, 3.8) is 0 Å². The van der Waals surface area contributed by atoms with Gasteiger partial charge in [-0.1, -0.05) is 12.6 Å². The minimum atomic E-state index is -0.521. The van der Waals surface area contributed by atoms with Gasteiger partial charge in [-0.2, -0.15) is 5.10 Å². The second kappa shape index (κ2) is 12.0. The Morgan fingerprint density at radius 1 is 1.20 bits per heavy atom. The summed E-state index contributed by atoms with van der Waals surface area (Å²) in [5, 5.41) is 7.29. The molecule has 0 spiro atoms. The first kappa shape index (κ1) is 28.7. The molecule has 4 heterocycles. The normalized spacial score (nSPS) is 19.2. The van der Waals surface area contributed by atoms with Crippen molar-refractivity contribution >= 4 is 41.3 Å². The number of hydrogen-bond acceptors (Lipinski definition) is 8. The molecule has 10 nitrogen and oxygen atoms in total. The van der Waals surface area contributed by atoms with E-state index < -0.39 is 5.60 Å². The van der Waals surface area contributed by atoms with Gasteiger partial charge in [0.15, 0.2) is 6.23 Å². The van der Waals surface area contributed by atoms with Gasteiger partial charge in [0.05, 0.1) is 22.8 Å². The maximum Gasteiger partial charge on any atom is 0.410 e. The number of rotatable bonds is 5. The van der Waals surface area contributed by atoms with Crippen LogP contribution in [0.15, 0.2) is 29.6 Å². The molecule has 2 saturated heterocycles. The van der Waals surface area contributed by atoms with Gasteiger partial charge in [0.1, 0.15) is 17.7 Å². The van der Waals surface area contributed by atoms with Crippen LogP contribution < -0.4 is 15.5 Å². The molecule has 41 heavy (non-hydrogen) atoms. The third-order valence-corrected chi connectivity index (χ3v) is 7.61. The van der Waals surface area contributed by atoms with Crippen molar-refractivity contribution in [1.82, 2.24) is 24.6 Å². The van der Waals surface area contributed by atoms with E-state index in [-0.39, 0.29) is 12.3 Å². The molecule has 0 bridgehead atoms. The zero-order chi connectivity index (χ0) is 29.1. The van der Waals surface area contributed by atoms with Crippen molar-refractivity contribution in [1.29, 1.82) is 0 Å². The van der Waals surface area contributed by atoms with E-state index in [0.717, 1.165) is 64.4 Å². The van der Waals surface area contributed by atoms with Crippen LogP contribution in [0.5, 0.6) is 0 Å². The average Bonchev–Trinajstić information content (AvgIpc) is 3.38. The summed E-state index contributed by atoms with van der Waals surface area (Å²) < 4.78 is 13.6. The van der Waals surface area contributed by atoms with Crippen molar-refractivity contribution in [3.8, 4) is 0 Å². The lowest BCUT2D eigenvalue weighted by Gasteiger charge is -2.36. The first-order valence-corrected chi connectivity index (χ1v) is 14.5. The van der Waals surface area contributed by atoms with E-state index >= 15 is 0 Å². The molecule has 10 heteroatoms. The molecular formula is C31H41N7O3. The van der Waals surface area contributed by atoms with E-state index in [1.165, 1.54) is 5.56 Å². The van der Waals surface area contributed by atoms with Crippen LogP contribution in [-0.2, 0) is 15.9 Å². The van der Waals surface area contributed by atoms with E-state index in [2.05, 4.69) is 40.5 Å². The zero-order valence-electron chi connectivity index (χ0n) is 24.9. The lowest BCUT2D eigenvalue weighted by Crippen LogP contribution is -2.52. The molecule has 2 fully saturated rings. The number of ether oxygens (including phenoxy) is 2. The largest absolute Gasteiger partial charge is 0.444 e. The Labute approximate surface area is 241 Å². The number of aromatic nitrogens is 4. The Morgan fingerprint density at radius 3 is 2.66 bits per heavy atom. The van der Waals surface area contributed by atoms with Gasteiger partial charge in [0.2, 0.25) is 0 Å². The van der Waals surface area contributed by atoms with Gasteiger partial charge in [0.25, 0.3) is 0 Å². The van der Waals surface area contributed by atoms with Crippen molar-refractivity contribution < 1.29 is 14.3 Å². The Balaban J connectivity index is 1.45. The van der Waals surface area contributed by atoms with Crippen LogP contribution >= 0.6 is 0 Å². The second-order valence-corrected chi connectivity index (χ2v) is 11.7.